The van der Waals surface area contributed by atoms with Crippen LogP contribution in [0.15, 0.2) is 11.6 Å². The number of carbonyl (C=O) groups excluding carboxylic acids is 1. The fraction of sp³-hybridized carbons (Fsp3) is 0.800. The number of ether oxygens (including phenoxy) is 2. The Hall–Kier alpha value is -0.963. The average Bonchev–Trinajstić information content (AvgIpc) is 3.09. The molecule has 0 bridgehead atoms. The fourth-order valence-corrected chi connectivity index (χ4v) is 4.95. The predicted molar refractivity (Wildman–Crippen MR) is 115 cm³/mol. The molecule has 160 valence electrons. The molecule has 0 radical (unpaired) electrons. The smallest absolute Gasteiger partial charge is 0.413 e. The molecule has 0 saturated carbocycles. The Bertz CT molecular complexity index is 677. The number of carbonyl (C=O) groups is 1. The number of rotatable bonds is 4. The molecule has 0 aromatic carbocycles. The Morgan fingerprint density at radius 2 is 1.93 bits per heavy atom. The van der Waals surface area contributed by atoms with E-state index in [9.17, 15) is 4.79 Å². The van der Waals surface area contributed by atoms with Crippen LogP contribution in [-0.2, 0) is 13.9 Å². The molecule has 2 atom stereocenters. The van der Waals surface area contributed by atoms with E-state index in [1.165, 1.54) is 0 Å². The Kier molecular flexibility index (Phi) is 6.41. The highest BCUT2D eigenvalue weighted by Gasteiger charge is 2.52. The first-order valence-corrected chi connectivity index (χ1v) is 13.6. The lowest BCUT2D eigenvalue weighted by atomic mass is 10.1. The SMILES string of the molecule is CC(C)(C)OC(=O)N1[C@H]([C@H](O[Si](C)(C)C(C)(C)C)c2nccs2)COC1(C)C. The lowest BCUT2D eigenvalue weighted by Gasteiger charge is -2.42. The molecule has 0 aliphatic carbocycles. The quantitative estimate of drug-likeness (QED) is 0.586. The second kappa shape index (κ2) is 7.70. The van der Waals surface area contributed by atoms with E-state index in [2.05, 4.69) is 38.8 Å². The normalized spacial score (nSPS) is 21.6. The maximum Gasteiger partial charge on any atom is 0.413 e. The van der Waals surface area contributed by atoms with Gasteiger partial charge in [0.25, 0.3) is 0 Å². The second-order valence-corrected chi connectivity index (χ2v) is 16.0. The Labute approximate surface area is 174 Å². The second-order valence-electron chi connectivity index (χ2n) is 10.3. The summed E-state index contributed by atoms with van der Waals surface area (Å²) in [7, 11) is -2.12. The monoisotopic (exact) mass is 428 g/mol. The highest BCUT2D eigenvalue weighted by atomic mass is 32.1. The first-order chi connectivity index (χ1) is 12.6. The first-order valence-electron chi connectivity index (χ1n) is 9.79. The third kappa shape index (κ3) is 5.14. The van der Waals surface area contributed by atoms with Crippen LogP contribution in [0.4, 0.5) is 4.79 Å². The minimum Gasteiger partial charge on any atom is -0.444 e. The average molecular weight is 429 g/mol. The molecular formula is C20H36N2O4SSi. The highest BCUT2D eigenvalue weighted by Crippen LogP contribution is 2.44. The first kappa shape index (κ1) is 23.3. The van der Waals surface area contributed by atoms with E-state index < -0.39 is 19.6 Å². The van der Waals surface area contributed by atoms with Crippen LogP contribution in [0.2, 0.25) is 18.1 Å². The zero-order valence-electron chi connectivity index (χ0n) is 19.0. The van der Waals surface area contributed by atoms with Gasteiger partial charge in [0.2, 0.25) is 0 Å². The van der Waals surface area contributed by atoms with E-state index in [0.717, 1.165) is 5.01 Å². The third-order valence-electron chi connectivity index (χ3n) is 5.38. The van der Waals surface area contributed by atoms with Crippen LogP contribution in [0.5, 0.6) is 0 Å². The van der Waals surface area contributed by atoms with Crippen molar-refractivity contribution in [1.29, 1.82) is 0 Å². The minimum atomic E-state index is -2.12. The third-order valence-corrected chi connectivity index (χ3v) is 10.7. The van der Waals surface area contributed by atoms with Gasteiger partial charge in [-0.2, -0.15) is 0 Å². The van der Waals surface area contributed by atoms with Crippen molar-refractivity contribution in [3.05, 3.63) is 16.6 Å². The van der Waals surface area contributed by atoms with Crippen LogP contribution < -0.4 is 0 Å². The number of hydrogen-bond acceptors (Lipinski definition) is 6. The van der Waals surface area contributed by atoms with E-state index >= 15 is 0 Å². The van der Waals surface area contributed by atoms with Gasteiger partial charge in [-0.1, -0.05) is 20.8 Å². The maximum atomic E-state index is 13.1. The van der Waals surface area contributed by atoms with E-state index in [4.69, 9.17) is 13.9 Å². The fourth-order valence-electron chi connectivity index (χ4n) is 2.88. The van der Waals surface area contributed by atoms with Crippen molar-refractivity contribution in [2.45, 2.75) is 97.0 Å². The number of thiazole rings is 1. The molecule has 8 heteroatoms. The summed E-state index contributed by atoms with van der Waals surface area (Å²) in [5.74, 6) is 0. The van der Waals surface area contributed by atoms with E-state index in [0.29, 0.717) is 6.61 Å². The van der Waals surface area contributed by atoms with Crippen LogP contribution >= 0.6 is 11.3 Å². The number of nitrogens with zero attached hydrogens (tertiary/aromatic N) is 2. The molecule has 1 fully saturated rings. The van der Waals surface area contributed by atoms with Gasteiger partial charge in [-0.3, -0.25) is 4.90 Å². The molecular weight excluding hydrogens is 392 g/mol. The Morgan fingerprint density at radius 3 is 2.39 bits per heavy atom. The van der Waals surface area contributed by atoms with Crippen molar-refractivity contribution in [2.75, 3.05) is 6.61 Å². The summed E-state index contributed by atoms with van der Waals surface area (Å²) in [5.41, 5.74) is -1.36. The molecule has 1 amide bonds. The van der Waals surface area contributed by atoms with Crippen molar-refractivity contribution in [3.63, 3.8) is 0 Å². The maximum absolute atomic E-state index is 13.1. The molecule has 1 saturated heterocycles. The molecule has 0 spiro atoms. The predicted octanol–water partition coefficient (Wildman–Crippen LogP) is 5.58. The van der Waals surface area contributed by atoms with Gasteiger partial charge < -0.3 is 13.9 Å². The van der Waals surface area contributed by atoms with Crippen LogP contribution in [0.3, 0.4) is 0 Å². The zero-order chi connectivity index (χ0) is 21.5. The summed E-state index contributed by atoms with van der Waals surface area (Å²) >= 11 is 1.55. The molecule has 1 aliphatic rings. The van der Waals surface area contributed by atoms with Gasteiger partial charge in [0, 0.05) is 11.6 Å². The molecule has 1 aromatic rings. The summed E-state index contributed by atoms with van der Waals surface area (Å²) in [6, 6.07) is -0.301. The number of aromatic nitrogens is 1. The van der Waals surface area contributed by atoms with Crippen molar-refractivity contribution < 1.29 is 18.7 Å². The van der Waals surface area contributed by atoms with Gasteiger partial charge in [0.15, 0.2) is 8.32 Å². The van der Waals surface area contributed by atoms with E-state index in [1.807, 2.05) is 40.0 Å². The van der Waals surface area contributed by atoms with Gasteiger partial charge in [-0.15, -0.1) is 11.3 Å². The molecule has 28 heavy (non-hydrogen) atoms. The van der Waals surface area contributed by atoms with Gasteiger partial charge in [-0.25, -0.2) is 9.78 Å². The minimum absolute atomic E-state index is 0.0359. The number of hydrogen-bond donors (Lipinski definition) is 0. The molecule has 1 aromatic heterocycles. The summed E-state index contributed by atoms with van der Waals surface area (Å²) in [5, 5.41) is 2.84. The number of amides is 1. The standard InChI is InChI=1S/C20H36N2O4SSi/c1-18(2,3)25-17(23)22-14(13-24-20(22,7)8)15(16-21-11-12-27-16)26-28(9,10)19(4,5)6/h11-12,14-15H,13H2,1-10H3/t14-,15-/m0/s1. The van der Waals surface area contributed by atoms with Crippen LogP contribution in [0, 0.1) is 0 Å². The Morgan fingerprint density at radius 1 is 1.32 bits per heavy atom. The summed E-state index contributed by atoms with van der Waals surface area (Å²) < 4.78 is 18.5. The zero-order valence-corrected chi connectivity index (χ0v) is 20.8. The van der Waals surface area contributed by atoms with Gasteiger partial charge >= 0.3 is 6.09 Å². The molecule has 2 rings (SSSR count). The van der Waals surface area contributed by atoms with E-state index in [-0.39, 0.29) is 23.3 Å². The lowest BCUT2D eigenvalue weighted by Crippen LogP contribution is -2.53. The van der Waals surface area contributed by atoms with Crippen LogP contribution in [0.1, 0.15) is 66.5 Å². The van der Waals surface area contributed by atoms with Gasteiger partial charge in [0.05, 0.1) is 12.6 Å². The summed E-state index contributed by atoms with van der Waals surface area (Å²) in [4.78, 5) is 19.3. The van der Waals surface area contributed by atoms with Crippen molar-refractivity contribution in [2.24, 2.45) is 0 Å². The highest BCUT2D eigenvalue weighted by molar-refractivity contribution is 7.09. The summed E-state index contributed by atoms with van der Waals surface area (Å²) in [6.45, 7) is 20.8. The van der Waals surface area contributed by atoms with Crippen molar-refractivity contribution in [3.8, 4) is 0 Å². The molecule has 1 aliphatic heterocycles. The van der Waals surface area contributed by atoms with E-state index in [1.54, 1.807) is 22.4 Å². The molecule has 0 N–H and O–H groups in total. The Balaban J connectivity index is 2.42. The largest absolute Gasteiger partial charge is 0.444 e. The summed E-state index contributed by atoms with van der Waals surface area (Å²) in [6.07, 6.45) is 1.04. The van der Waals surface area contributed by atoms with Crippen molar-refractivity contribution in [1.82, 2.24) is 9.88 Å². The lowest BCUT2D eigenvalue weighted by molar-refractivity contribution is -0.0673. The van der Waals surface area contributed by atoms with Crippen LogP contribution in [-0.4, -0.2) is 48.3 Å². The van der Waals surface area contributed by atoms with Crippen LogP contribution in [0.25, 0.3) is 0 Å². The molecule has 0 unspecified atom stereocenters. The molecule has 6 nitrogen and oxygen atoms in total. The van der Waals surface area contributed by atoms with Crippen molar-refractivity contribution >= 4 is 25.7 Å². The molecule has 2 heterocycles. The van der Waals surface area contributed by atoms with Gasteiger partial charge in [-0.05, 0) is 52.8 Å². The topological polar surface area (TPSA) is 60.9 Å². The van der Waals surface area contributed by atoms with Gasteiger partial charge in [0.1, 0.15) is 22.4 Å².